The van der Waals surface area contributed by atoms with Crippen LogP contribution >= 0.6 is 15.9 Å². The molecule has 5 aromatic rings. The third kappa shape index (κ3) is 6.75. The summed E-state index contributed by atoms with van der Waals surface area (Å²) in [6.07, 6.45) is 5.49. The van der Waals surface area contributed by atoms with E-state index < -0.39 is 5.79 Å². The number of halogens is 1. The van der Waals surface area contributed by atoms with Crippen LogP contribution in [-0.4, -0.2) is 74.8 Å². The zero-order valence-electron chi connectivity index (χ0n) is 27.1. The van der Waals surface area contributed by atoms with Gasteiger partial charge in [0.1, 0.15) is 31.3 Å². The highest BCUT2D eigenvalue weighted by Gasteiger charge is 2.44. The highest BCUT2D eigenvalue weighted by atomic mass is 79.9. The van der Waals surface area contributed by atoms with E-state index in [1.165, 1.54) is 0 Å². The number of hydrogen-bond acceptors (Lipinski definition) is 9. The van der Waals surface area contributed by atoms with Gasteiger partial charge in [-0.05, 0) is 74.0 Å². The summed E-state index contributed by atoms with van der Waals surface area (Å²) in [5.41, 5.74) is 3.92. The van der Waals surface area contributed by atoms with Crippen molar-refractivity contribution in [3.8, 4) is 11.4 Å². The number of nitrogens with zero attached hydrogens (tertiary/aromatic N) is 8. The zero-order chi connectivity index (χ0) is 33.1. The third-order valence-electron chi connectivity index (χ3n) is 9.07. The summed E-state index contributed by atoms with van der Waals surface area (Å²) < 4.78 is 23.0. The molecule has 12 nitrogen and oxygen atoms in total. The molecule has 0 radical (unpaired) electrons. The van der Waals surface area contributed by atoms with Gasteiger partial charge in [0.05, 0.1) is 30.7 Å². The molecule has 2 aromatic heterocycles. The molecule has 3 atom stereocenters. The minimum Gasteiger partial charge on any atom is -0.491 e. The second-order valence-corrected chi connectivity index (χ2v) is 13.1. The summed E-state index contributed by atoms with van der Waals surface area (Å²) in [6.45, 7) is 8.74. The first-order chi connectivity index (χ1) is 23.4. The number of rotatable bonds is 11. The van der Waals surface area contributed by atoms with Crippen molar-refractivity contribution in [2.75, 3.05) is 49.2 Å². The number of aromatic nitrogens is 6. The minimum absolute atomic E-state index is 0.0705. The van der Waals surface area contributed by atoms with Crippen LogP contribution in [0.4, 0.5) is 11.4 Å². The fraction of sp³-hybridized carbons (Fsp3) is 0.371. The predicted molar refractivity (Wildman–Crippen MR) is 186 cm³/mol. The van der Waals surface area contributed by atoms with E-state index in [0.717, 1.165) is 65.4 Å². The Balaban J connectivity index is 0.916. The van der Waals surface area contributed by atoms with Gasteiger partial charge >= 0.3 is 5.69 Å². The monoisotopic (exact) mass is 714 g/mol. The lowest BCUT2D eigenvalue weighted by molar-refractivity contribution is -0.192. The Kier molecular flexibility index (Phi) is 9.33. The smallest absolute Gasteiger partial charge is 0.350 e. The molecular formula is C35H39BrN8O4. The molecule has 0 spiro atoms. The van der Waals surface area contributed by atoms with Gasteiger partial charge in [0.2, 0.25) is 5.79 Å². The van der Waals surface area contributed by atoms with E-state index in [1.807, 2.05) is 55.5 Å². The van der Waals surface area contributed by atoms with Gasteiger partial charge in [0.15, 0.2) is 0 Å². The highest BCUT2D eigenvalue weighted by molar-refractivity contribution is 9.10. The molecule has 48 heavy (non-hydrogen) atoms. The zero-order valence-corrected chi connectivity index (χ0v) is 28.6. The molecule has 2 aliphatic heterocycles. The first kappa shape index (κ1) is 32.1. The summed E-state index contributed by atoms with van der Waals surface area (Å²) in [6, 6.07) is 24.4. The molecule has 2 fully saturated rings. The molecule has 2 saturated heterocycles. The maximum absolute atomic E-state index is 12.8. The maximum atomic E-state index is 12.8. The molecule has 3 aromatic carbocycles. The first-order valence-electron chi connectivity index (χ1n) is 16.3. The molecule has 7 rings (SSSR count). The molecule has 1 unspecified atom stereocenters. The number of anilines is 2. The van der Waals surface area contributed by atoms with Gasteiger partial charge in [-0.15, -0.1) is 0 Å². The molecule has 0 aliphatic carbocycles. The molecule has 4 heterocycles. The quantitative estimate of drug-likeness (QED) is 0.186. The lowest BCUT2D eigenvalue weighted by Gasteiger charge is -2.37. The Bertz CT molecular complexity index is 1840. The SMILES string of the molecule is CCC(C)n1ncn(-c2ccc(N3CCN(c4ccc(OC[C@@H]5CO[C@@](Cn6nccn6)(c6ccc(Br)cc6)O5)cc4)CC3)cc2)c1=O. The summed E-state index contributed by atoms with van der Waals surface area (Å²) in [4.78, 5) is 19.1. The maximum Gasteiger partial charge on any atom is 0.350 e. The van der Waals surface area contributed by atoms with Crippen LogP contribution in [0.5, 0.6) is 5.75 Å². The van der Waals surface area contributed by atoms with Gasteiger partial charge in [0, 0.05) is 47.6 Å². The molecule has 250 valence electrons. The summed E-state index contributed by atoms with van der Waals surface area (Å²) in [7, 11) is 0. The van der Waals surface area contributed by atoms with Crippen LogP contribution < -0.4 is 20.2 Å². The molecule has 0 amide bonds. The van der Waals surface area contributed by atoms with Crippen molar-refractivity contribution < 1.29 is 14.2 Å². The second kappa shape index (κ2) is 14.0. The summed E-state index contributed by atoms with van der Waals surface area (Å²) in [5.74, 6) is -0.219. The third-order valence-corrected chi connectivity index (χ3v) is 9.60. The Hall–Kier alpha value is -4.46. The highest BCUT2D eigenvalue weighted by Crippen LogP contribution is 2.37. The van der Waals surface area contributed by atoms with E-state index in [-0.39, 0.29) is 17.8 Å². The molecule has 13 heteroatoms. The lowest BCUT2D eigenvalue weighted by Crippen LogP contribution is -2.46. The first-order valence-corrected chi connectivity index (χ1v) is 17.1. The second-order valence-electron chi connectivity index (χ2n) is 12.2. The van der Waals surface area contributed by atoms with Crippen LogP contribution in [0.3, 0.4) is 0 Å². The Morgan fingerprint density at radius 1 is 0.875 bits per heavy atom. The Morgan fingerprint density at radius 3 is 2.10 bits per heavy atom. The van der Waals surface area contributed by atoms with Crippen LogP contribution in [0.2, 0.25) is 0 Å². The van der Waals surface area contributed by atoms with E-state index in [2.05, 4.69) is 72.2 Å². The average Bonchev–Trinajstić information content (AvgIpc) is 3.89. The van der Waals surface area contributed by atoms with Crippen LogP contribution in [-0.2, 0) is 21.8 Å². The topological polar surface area (TPSA) is 105 Å². The van der Waals surface area contributed by atoms with E-state index in [0.29, 0.717) is 19.8 Å². The molecule has 2 aliphatic rings. The van der Waals surface area contributed by atoms with E-state index in [9.17, 15) is 4.79 Å². The van der Waals surface area contributed by atoms with Gasteiger partial charge in [-0.1, -0.05) is 35.0 Å². The van der Waals surface area contributed by atoms with Crippen LogP contribution in [0.25, 0.3) is 5.69 Å². The van der Waals surface area contributed by atoms with E-state index >= 15 is 0 Å². The van der Waals surface area contributed by atoms with Gasteiger partial charge in [-0.3, -0.25) is 0 Å². The van der Waals surface area contributed by atoms with E-state index in [1.54, 1.807) is 32.8 Å². The largest absolute Gasteiger partial charge is 0.491 e. The van der Waals surface area contributed by atoms with Crippen molar-refractivity contribution >= 4 is 27.3 Å². The Labute approximate surface area is 287 Å². The fourth-order valence-electron chi connectivity index (χ4n) is 6.15. The standard InChI is InChI=1S/C35H39BrN8O4/c1-3-26(2)44-34(45)42(25-39-44)31-10-8-29(9-11-31)40-18-20-41(21-19-40)30-12-14-32(15-13-30)46-22-33-23-47-35(48-33,24-43-37-16-17-38-43)27-4-6-28(36)7-5-27/h4-17,25-26,33H,3,18-24H2,1-2H3/t26?,33-,35-/m1/s1. The molecule has 0 bridgehead atoms. The van der Waals surface area contributed by atoms with Crippen LogP contribution in [0.1, 0.15) is 31.9 Å². The molecule has 0 N–H and O–H groups in total. The summed E-state index contributed by atoms with van der Waals surface area (Å²) >= 11 is 3.51. The lowest BCUT2D eigenvalue weighted by atomic mass is 10.1. The predicted octanol–water partition coefficient (Wildman–Crippen LogP) is 5.03. The summed E-state index contributed by atoms with van der Waals surface area (Å²) in [5, 5.41) is 12.8. The normalized spacial score (nSPS) is 20.3. The molecular weight excluding hydrogens is 676 g/mol. The van der Waals surface area contributed by atoms with Crippen molar-refractivity contribution in [1.82, 2.24) is 29.3 Å². The van der Waals surface area contributed by atoms with E-state index in [4.69, 9.17) is 14.2 Å². The number of hydrogen-bond donors (Lipinski definition) is 0. The fourth-order valence-corrected chi connectivity index (χ4v) is 6.41. The van der Waals surface area contributed by atoms with Gasteiger partial charge in [0.25, 0.3) is 0 Å². The van der Waals surface area contributed by atoms with Crippen molar-refractivity contribution in [3.63, 3.8) is 0 Å². The van der Waals surface area contributed by atoms with Crippen molar-refractivity contribution in [1.29, 1.82) is 0 Å². The average molecular weight is 716 g/mol. The van der Waals surface area contributed by atoms with Crippen molar-refractivity contribution in [3.05, 3.63) is 112 Å². The van der Waals surface area contributed by atoms with Crippen molar-refractivity contribution in [2.45, 2.75) is 44.7 Å². The number of benzene rings is 3. The minimum atomic E-state index is -1.00. The van der Waals surface area contributed by atoms with Crippen LogP contribution in [0, 0.1) is 0 Å². The van der Waals surface area contributed by atoms with Crippen LogP contribution in [0.15, 0.2) is 101 Å². The number of piperazine rings is 1. The number of ether oxygens (including phenoxy) is 3. The van der Waals surface area contributed by atoms with Gasteiger partial charge < -0.3 is 24.0 Å². The van der Waals surface area contributed by atoms with Gasteiger partial charge in [-0.25, -0.2) is 14.0 Å². The Morgan fingerprint density at radius 2 is 1.48 bits per heavy atom. The van der Waals surface area contributed by atoms with Crippen molar-refractivity contribution in [2.24, 2.45) is 0 Å². The van der Waals surface area contributed by atoms with Gasteiger partial charge in [-0.2, -0.15) is 20.1 Å². The molecule has 0 saturated carbocycles.